The molecule has 0 spiro atoms. The van der Waals surface area contributed by atoms with E-state index in [9.17, 15) is 15.0 Å². The van der Waals surface area contributed by atoms with Crippen LogP contribution in [0.15, 0.2) is 18.2 Å². The van der Waals surface area contributed by atoms with Gasteiger partial charge in [-0.15, -0.1) is 0 Å². The van der Waals surface area contributed by atoms with Gasteiger partial charge in [0.2, 0.25) is 5.91 Å². The Labute approximate surface area is 170 Å². The Balaban J connectivity index is 1.71. The fourth-order valence-corrected chi connectivity index (χ4v) is 5.10. The van der Waals surface area contributed by atoms with Gasteiger partial charge in [-0.25, -0.2) is 0 Å². The SMILES string of the molecule is Cc1cc(C)cc(N2C(=S)N[C@H]3[C@@H](O)[C@H](O)C[C@@H](C(=O)N4CCOCC4)[C@@H]32)c1. The van der Waals surface area contributed by atoms with Crippen LogP contribution >= 0.6 is 12.2 Å². The molecule has 3 fully saturated rings. The molecule has 2 aliphatic heterocycles. The van der Waals surface area contributed by atoms with Crippen molar-refractivity contribution in [3.05, 3.63) is 29.3 Å². The average molecular weight is 406 g/mol. The molecule has 0 radical (unpaired) electrons. The highest BCUT2D eigenvalue weighted by Crippen LogP contribution is 2.38. The van der Waals surface area contributed by atoms with Crippen LogP contribution in [-0.2, 0) is 9.53 Å². The molecule has 1 aromatic rings. The number of ether oxygens (including phenoxy) is 1. The highest BCUT2D eigenvalue weighted by Gasteiger charge is 2.54. The second kappa shape index (κ2) is 7.59. The van der Waals surface area contributed by atoms with Crippen molar-refractivity contribution in [1.29, 1.82) is 0 Å². The number of anilines is 1. The summed E-state index contributed by atoms with van der Waals surface area (Å²) in [5, 5.41) is 24.7. The maximum atomic E-state index is 13.3. The van der Waals surface area contributed by atoms with Crippen molar-refractivity contribution in [2.45, 2.75) is 44.6 Å². The van der Waals surface area contributed by atoms with Gasteiger partial charge < -0.3 is 30.1 Å². The van der Waals surface area contributed by atoms with Gasteiger partial charge in [0.25, 0.3) is 0 Å². The lowest BCUT2D eigenvalue weighted by molar-refractivity contribution is -0.145. The van der Waals surface area contributed by atoms with Crippen LogP contribution in [0.25, 0.3) is 0 Å². The Morgan fingerprint density at radius 2 is 1.82 bits per heavy atom. The second-order valence-corrected chi connectivity index (χ2v) is 8.41. The smallest absolute Gasteiger partial charge is 0.228 e. The molecule has 1 aromatic carbocycles. The lowest BCUT2D eigenvalue weighted by Gasteiger charge is -2.43. The van der Waals surface area contributed by atoms with Crippen LogP contribution in [0.4, 0.5) is 5.69 Å². The van der Waals surface area contributed by atoms with Crippen LogP contribution in [-0.4, -0.2) is 76.7 Å². The molecule has 0 unspecified atom stereocenters. The van der Waals surface area contributed by atoms with E-state index in [-0.39, 0.29) is 18.4 Å². The first-order valence-electron chi connectivity index (χ1n) is 9.77. The first-order valence-corrected chi connectivity index (χ1v) is 10.2. The van der Waals surface area contributed by atoms with Crippen molar-refractivity contribution in [3.8, 4) is 0 Å². The maximum absolute atomic E-state index is 13.3. The van der Waals surface area contributed by atoms with E-state index in [4.69, 9.17) is 17.0 Å². The summed E-state index contributed by atoms with van der Waals surface area (Å²) in [6.45, 7) is 6.19. The summed E-state index contributed by atoms with van der Waals surface area (Å²) in [5.41, 5.74) is 3.12. The van der Waals surface area contributed by atoms with Gasteiger partial charge >= 0.3 is 0 Å². The number of benzene rings is 1. The number of carbonyl (C=O) groups is 1. The number of nitrogens with one attached hydrogen (secondary N) is 1. The number of aryl methyl sites for hydroxylation is 2. The predicted molar refractivity (Wildman–Crippen MR) is 109 cm³/mol. The minimum atomic E-state index is -0.979. The van der Waals surface area contributed by atoms with Gasteiger partial charge in [0.05, 0.1) is 37.3 Å². The highest BCUT2D eigenvalue weighted by atomic mass is 32.1. The molecular weight excluding hydrogens is 378 g/mol. The number of hydrogen-bond acceptors (Lipinski definition) is 5. The third-order valence-corrected chi connectivity index (χ3v) is 6.28. The van der Waals surface area contributed by atoms with Crippen molar-refractivity contribution in [2.75, 3.05) is 31.2 Å². The zero-order valence-electron chi connectivity index (χ0n) is 16.2. The lowest BCUT2D eigenvalue weighted by atomic mass is 9.76. The molecule has 28 heavy (non-hydrogen) atoms. The van der Waals surface area contributed by atoms with E-state index in [2.05, 4.69) is 11.4 Å². The van der Waals surface area contributed by atoms with E-state index in [1.807, 2.05) is 30.9 Å². The topological polar surface area (TPSA) is 85.3 Å². The summed E-state index contributed by atoms with van der Waals surface area (Å²) in [4.78, 5) is 17.1. The number of nitrogens with zero attached hydrogens (tertiary/aromatic N) is 2. The summed E-state index contributed by atoms with van der Waals surface area (Å²) in [6, 6.07) is 5.33. The molecule has 5 atom stereocenters. The molecule has 4 rings (SSSR count). The molecule has 3 N–H and O–H groups in total. The average Bonchev–Trinajstić information content (AvgIpc) is 3.01. The van der Waals surface area contributed by atoms with Crippen LogP contribution < -0.4 is 10.2 Å². The number of amides is 1. The molecule has 0 bridgehead atoms. The van der Waals surface area contributed by atoms with Gasteiger partial charge in [-0.2, -0.15) is 0 Å². The Kier molecular flexibility index (Phi) is 5.30. The molecule has 1 aliphatic carbocycles. The molecule has 1 saturated carbocycles. The molecule has 0 aromatic heterocycles. The number of rotatable bonds is 2. The second-order valence-electron chi connectivity index (χ2n) is 8.02. The van der Waals surface area contributed by atoms with Crippen molar-refractivity contribution in [3.63, 3.8) is 0 Å². The van der Waals surface area contributed by atoms with Gasteiger partial charge in [-0.05, 0) is 55.7 Å². The lowest BCUT2D eigenvalue weighted by Crippen LogP contribution is -2.61. The molecule has 8 heteroatoms. The van der Waals surface area contributed by atoms with Crippen LogP contribution in [0.1, 0.15) is 17.5 Å². The third-order valence-electron chi connectivity index (χ3n) is 5.97. The van der Waals surface area contributed by atoms with Crippen molar-refractivity contribution in [1.82, 2.24) is 10.2 Å². The van der Waals surface area contributed by atoms with Crippen LogP contribution in [0.2, 0.25) is 0 Å². The fourth-order valence-electron chi connectivity index (χ4n) is 4.73. The van der Waals surface area contributed by atoms with E-state index in [0.717, 1.165) is 16.8 Å². The van der Waals surface area contributed by atoms with Crippen LogP contribution in [0, 0.1) is 19.8 Å². The number of thiocarbonyl (C=S) groups is 1. The molecule has 1 amide bonds. The summed E-state index contributed by atoms with van der Waals surface area (Å²) >= 11 is 5.59. The van der Waals surface area contributed by atoms with E-state index >= 15 is 0 Å². The molecule has 152 valence electrons. The summed E-state index contributed by atoms with van der Waals surface area (Å²) < 4.78 is 5.37. The number of carbonyl (C=O) groups excluding carboxylic acids is 1. The molecule has 3 aliphatic rings. The number of aliphatic hydroxyl groups excluding tert-OH is 2. The number of fused-ring (bicyclic) bond motifs is 1. The van der Waals surface area contributed by atoms with E-state index in [1.165, 1.54) is 0 Å². The zero-order chi connectivity index (χ0) is 20.0. The van der Waals surface area contributed by atoms with Crippen LogP contribution in [0.3, 0.4) is 0 Å². The molecule has 7 nitrogen and oxygen atoms in total. The van der Waals surface area contributed by atoms with Gasteiger partial charge in [0.15, 0.2) is 5.11 Å². The minimum absolute atomic E-state index is 0.00914. The molecular formula is C20H27N3O4S. The van der Waals surface area contributed by atoms with Crippen molar-refractivity contribution in [2.24, 2.45) is 5.92 Å². The Bertz CT molecular complexity index is 762. The van der Waals surface area contributed by atoms with E-state index in [0.29, 0.717) is 31.4 Å². The highest BCUT2D eigenvalue weighted by molar-refractivity contribution is 7.80. The Hall–Kier alpha value is -1.74. The number of hydrogen-bond donors (Lipinski definition) is 3. The normalized spacial score (nSPS) is 32.9. The largest absolute Gasteiger partial charge is 0.390 e. The standard InChI is InChI=1S/C20H27N3O4S/c1-11-7-12(2)9-13(8-11)23-17-14(19(26)22-3-5-27-6-4-22)10-15(24)18(25)16(17)21-20(23)28/h7-9,14-18,24-25H,3-6,10H2,1-2H3,(H,21,28)/t14-,15-,16-,17+,18+/m1/s1. The van der Waals surface area contributed by atoms with E-state index < -0.39 is 24.2 Å². The fraction of sp³-hybridized carbons (Fsp3) is 0.600. The van der Waals surface area contributed by atoms with Crippen molar-refractivity contribution >= 4 is 28.9 Å². The van der Waals surface area contributed by atoms with Gasteiger partial charge in [-0.1, -0.05) is 6.07 Å². The first kappa shape index (κ1) is 19.6. The van der Waals surface area contributed by atoms with Crippen LogP contribution in [0.5, 0.6) is 0 Å². The Morgan fingerprint density at radius 3 is 2.46 bits per heavy atom. The van der Waals surface area contributed by atoms with Gasteiger partial charge in [0.1, 0.15) is 6.10 Å². The molecule has 2 heterocycles. The third kappa shape index (κ3) is 3.39. The summed E-state index contributed by atoms with van der Waals surface area (Å²) in [5.74, 6) is -0.472. The van der Waals surface area contributed by atoms with E-state index in [1.54, 1.807) is 4.90 Å². The quantitative estimate of drug-likeness (QED) is 0.612. The number of aliphatic hydroxyl groups is 2. The minimum Gasteiger partial charge on any atom is -0.390 e. The van der Waals surface area contributed by atoms with Crippen molar-refractivity contribution < 1.29 is 19.7 Å². The predicted octanol–water partition coefficient (Wildman–Crippen LogP) is 0.336. The van der Waals surface area contributed by atoms with Gasteiger partial charge in [0, 0.05) is 18.8 Å². The first-order chi connectivity index (χ1) is 13.4. The zero-order valence-corrected chi connectivity index (χ0v) is 17.0. The summed E-state index contributed by atoms with van der Waals surface area (Å²) in [6.07, 6.45) is -1.73. The Morgan fingerprint density at radius 1 is 1.18 bits per heavy atom. The summed E-state index contributed by atoms with van der Waals surface area (Å²) in [7, 11) is 0. The van der Waals surface area contributed by atoms with Gasteiger partial charge in [-0.3, -0.25) is 4.79 Å². The molecule has 2 saturated heterocycles. The number of morpholine rings is 1. The maximum Gasteiger partial charge on any atom is 0.228 e. The monoisotopic (exact) mass is 405 g/mol.